The van der Waals surface area contributed by atoms with Crippen molar-refractivity contribution in [3.63, 3.8) is 0 Å². The third-order valence-electron chi connectivity index (χ3n) is 2.72. The van der Waals surface area contributed by atoms with E-state index < -0.39 is 0 Å². The van der Waals surface area contributed by atoms with Crippen molar-refractivity contribution in [2.45, 2.75) is 13.8 Å². The van der Waals surface area contributed by atoms with Gasteiger partial charge in [-0.25, -0.2) is 0 Å². The fourth-order valence-electron chi connectivity index (χ4n) is 1.60. The second-order valence-corrected chi connectivity index (χ2v) is 3.87. The summed E-state index contributed by atoms with van der Waals surface area (Å²) in [4.78, 5) is 2.40. The van der Waals surface area contributed by atoms with Gasteiger partial charge in [0.2, 0.25) is 0 Å². The van der Waals surface area contributed by atoms with Crippen LogP contribution in [0, 0.1) is 11.8 Å². The fraction of sp³-hybridized carbons (Fsp3) is 0.467. The Bertz CT molecular complexity index is 353. The molecule has 19 heavy (non-hydrogen) atoms. The van der Waals surface area contributed by atoms with E-state index in [0.717, 1.165) is 38.3 Å². The van der Waals surface area contributed by atoms with Crippen molar-refractivity contribution in [1.29, 1.82) is 0 Å². The molecular weight excluding hydrogens is 279 g/mol. The van der Waals surface area contributed by atoms with Gasteiger partial charge in [0.15, 0.2) is 0 Å². The number of nitrogens with one attached hydrogen (secondary N) is 1. The Morgan fingerprint density at radius 2 is 1.68 bits per heavy atom. The Morgan fingerprint density at radius 3 is 2.26 bits per heavy atom. The van der Waals surface area contributed by atoms with Gasteiger partial charge in [-0.1, -0.05) is 43.9 Å². The summed E-state index contributed by atoms with van der Waals surface area (Å²) in [6, 6.07) is 10.1. The molecule has 0 unspecified atom stereocenters. The summed E-state index contributed by atoms with van der Waals surface area (Å²) in [5.74, 6) is 6.27. The Hall–Kier alpha value is -0.720. The largest absolute Gasteiger partial charge is 0.305 e. The van der Waals surface area contributed by atoms with Crippen LogP contribution >= 0.6 is 24.8 Å². The van der Waals surface area contributed by atoms with E-state index in [2.05, 4.69) is 35.9 Å². The molecule has 0 spiro atoms. The van der Waals surface area contributed by atoms with Crippen LogP contribution in [-0.2, 0) is 0 Å². The van der Waals surface area contributed by atoms with Crippen molar-refractivity contribution in [3.8, 4) is 11.8 Å². The summed E-state index contributed by atoms with van der Waals surface area (Å²) in [7, 11) is 0. The average molecular weight is 303 g/mol. The standard InChI is InChI=1S/C15H22N2.2ClH/c1-3-17(4-2)14-13-16-12-8-11-15-9-6-5-7-10-15;;/h5-7,9-10,16H,3-4,12-14H2,1-2H3;2*1H. The van der Waals surface area contributed by atoms with Crippen LogP contribution in [0.3, 0.4) is 0 Å². The second kappa shape index (κ2) is 13.7. The third kappa shape index (κ3) is 9.81. The summed E-state index contributed by atoms with van der Waals surface area (Å²) in [5.41, 5.74) is 1.08. The Balaban J connectivity index is 0. The summed E-state index contributed by atoms with van der Waals surface area (Å²) in [6.07, 6.45) is 0. The fourth-order valence-corrected chi connectivity index (χ4v) is 1.60. The zero-order valence-corrected chi connectivity index (χ0v) is 13.3. The Kier molecular flexibility index (Phi) is 14.9. The van der Waals surface area contributed by atoms with Crippen molar-refractivity contribution in [1.82, 2.24) is 10.2 Å². The summed E-state index contributed by atoms with van der Waals surface area (Å²) < 4.78 is 0. The van der Waals surface area contributed by atoms with Crippen LogP contribution in [0.4, 0.5) is 0 Å². The normalized spacial score (nSPS) is 9.00. The molecule has 4 heteroatoms. The number of likely N-dealkylation sites (N-methyl/N-ethyl adjacent to an activating group) is 1. The lowest BCUT2D eigenvalue weighted by Gasteiger charge is -2.17. The topological polar surface area (TPSA) is 15.3 Å². The van der Waals surface area contributed by atoms with E-state index in [0.29, 0.717) is 0 Å². The zero-order valence-electron chi connectivity index (χ0n) is 11.7. The highest BCUT2D eigenvalue weighted by Crippen LogP contribution is 1.94. The monoisotopic (exact) mass is 302 g/mol. The van der Waals surface area contributed by atoms with Crippen LogP contribution in [0.1, 0.15) is 19.4 Å². The van der Waals surface area contributed by atoms with E-state index in [1.165, 1.54) is 0 Å². The Morgan fingerprint density at radius 1 is 1.05 bits per heavy atom. The molecule has 0 atom stereocenters. The minimum absolute atomic E-state index is 0. The number of nitrogens with zero attached hydrogens (tertiary/aromatic N) is 1. The highest BCUT2D eigenvalue weighted by Gasteiger charge is 1.95. The van der Waals surface area contributed by atoms with Gasteiger partial charge in [0.25, 0.3) is 0 Å². The molecule has 1 aromatic carbocycles. The maximum absolute atomic E-state index is 3.34. The van der Waals surface area contributed by atoms with E-state index in [-0.39, 0.29) is 24.8 Å². The average Bonchev–Trinajstić information content (AvgIpc) is 2.39. The zero-order chi connectivity index (χ0) is 12.3. The molecule has 1 N–H and O–H groups in total. The van der Waals surface area contributed by atoms with Crippen molar-refractivity contribution in [3.05, 3.63) is 35.9 Å². The van der Waals surface area contributed by atoms with E-state index in [9.17, 15) is 0 Å². The van der Waals surface area contributed by atoms with Crippen LogP contribution in [0.2, 0.25) is 0 Å². The molecule has 1 rings (SSSR count). The molecule has 0 heterocycles. The van der Waals surface area contributed by atoms with Gasteiger partial charge in [-0.2, -0.15) is 0 Å². The van der Waals surface area contributed by atoms with Gasteiger partial charge in [0.05, 0.1) is 6.54 Å². The maximum atomic E-state index is 3.34. The quantitative estimate of drug-likeness (QED) is 0.642. The summed E-state index contributed by atoms with van der Waals surface area (Å²) in [6.45, 7) is 9.49. The van der Waals surface area contributed by atoms with Crippen LogP contribution < -0.4 is 5.32 Å². The lowest BCUT2D eigenvalue weighted by molar-refractivity contribution is 0.304. The first-order valence-corrected chi connectivity index (χ1v) is 6.33. The van der Waals surface area contributed by atoms with Gasteiger partial charge in [0.1, 0.15) is 0 Å². The lowest BCUT2D eigenvalue weighted by atomic mass is 10.2. The van der Waals surface area contributed by atoms with E-state index in [1.807, 2.05) is 30.3 Å². The maximum Gasteiger partial charge on any atom is 0.0580 e. The lowest BCUT2D eigenvalue weighted by Crippen LogP contribution is -2.32. The second-order valence-electron chi connectivity index (χ2n) is 3.87. The van der Waals surface area contributed by atoms with Gasteiger partial charge in [-0.15, -0.1) is 24.8 Å². The molecule has 0 aromatic heterocycles. The van der Waals surface area contributed by atoms with Gasteiger partial charge >= 0.3 is 0 Å². The molecule has 1 aromatic rings. The van der Waals surface area contributed by atoms with E-state index in [1.54, 1.807) is 0 Å². The van der Waals surface area contributed by atoms with Gasteiger partial charge < -0.3 is 10.2 Å². The number of hydrogen-bond acceptors (Lipinski definition) is 2. The first-order valence-electron chi connectivity index (χ1n) is 6.33. The van der Waals surface area contributed by atoms with Crippen LogP contribution in [0.25, 0.3) is 0 Å². The van der Waals surface area contributed by atoms with Crippen LogP contribution in [0.15, 0.2) is 30.3 Å². The SMILES string of the molecule is CCN(CC)CCNCC#Cc1ccccc1.Cl.Cl. The number of rotatable bonds is 6. The van der Waals surface area contributed by atoms with Crippen LogP contribution in [0.5, 0.6) is 0 Å². The summed E-state index contributed by atoms with van der Waals surface area (Å²) in [5, 5.41) is 3.34. The molecule has 0 saturated heterocycles. The molecule has 0 radical (unpaired) electrons. The molecule has 0 saturated carbocycles. The minimum Gasteiger partial charge on any atom is -0.305 e. The highest BCUT2D eigenvalue weighted by atomic mass is 35.5. The number of halogens is 2. The molecule has 2 nitrogen and oxygen atoms in total. The first-order chi connectivity index (χ1) is 8.36. The number of hydrogen-bond donors (Lipinski definition) is 1. The molecule has 0 fully saturated rings. The molecular formula is C15H24Cl2N2. The van der Waals surface area contributed by atoms with Crippen molar-refractivity contribution in [2.75, 3.05) is 32.7 Å². The predicted octanol–water partition coefficient (Wildman–Crippen LogP) is 2.81. The molecule has 0 aliphatic carbocycles. The smallest absolute Gasteiger partial charge is 0.0580 e. The van der Waals surface area contributed by atoms with Gasteiger partial charge in [-0.3, -0.25) is 0 Å². The molecule has 0 amide bonds. The van der Waals surface area contributed by atoms with Crippen molar-refractivity contribution in [2.24, 2.45) is 0 Å². The van der Waals surface area contributed by atoms with Crippen molar-refractivity contribution >= 4 is 24.8 Å². The third-order valence-corrected chi connectivity index (χ3v) is 2.72. The van der Waals surface area contributed by atoms with Gasteiger partial charge in [-0.05, 0) is 25.2 Å². The van der Waals surface area contributed by atoms with Crippen LogP contribution in [-0.4, -0.2) is 37.6 Å². The molecule has 0 aliphatic heterocycles. The highest BCUT2D eigenvalue weighted by molar-refractivity contribution is 5.85. The molecule has 0 bridgehead atoms. The first kappa shape index (κ1) is 20.6. The Labute approximate surface area is 129 Å². The van der Waals surface area contributed by atoms with E-state index in [4.69, 9.17) is 0 Å². The van der Waals surface area contributed by atoms with Gasteiger partial charge in [0, 0.05) is 18.7 Å². The number of benzene rings is 1. The minimum atomic E-state index is 0. The molecule has 108 valence electrons. The summed E-state index contributed by atoms with van der Waals surface area (Å²) >= 11 is 0. The van der Waals surface area contributed by atoms with Crippen molar-refractivity contribution < 1.29 is 0 Å². The molecule has 0 aliphatic rings. The predicted molar refractivity (Wildman–Crippen MR) is 88.5 cm³/mol. The van der Waals surface area contributed by atoms with E-state index >= 15 is 0 Å².